The first-order valence-corrected chi connectivity index (χ1v) is 7.20. The summed E-state index contributed by atoms with van der Waals surface area (Å²) in [5, 5.41) is 0. The van der Waals surface area contributed by atoms with Crippen LogP contribution in [-0.2, 0) is 9.84 Å². The molecule has 92 valence electrons. The smallest absolute Gasteiger partial charge is 0.272 e. The van der Waals surface area contributed by atoms with Gasteiger partial charge in [-0.05, 0) is 18.6 Å². The molecule has 0 N–H and O–H groups in total. The summed E-state index contributed by atoms with van der Waals surface area (Å²) in [4.78, 5) is 17.5. The van der Waals surface area contributed by atoms with Gasteiger partial charge < -0.3 is 4.90 Å². The second-order valence-corrected chi connectivity index (χ2v) is 6.42. The van der Waals surface area contributed by atoms with Crippen molar-refractivity contribution in [3.05, 3.63) is 30.1 Å². The summed E-state index contributed by atoms with van der Waals surface area (Å²) in [5.41, 5.74) is 0.347. The molecule has 2 rings (SSSR count). The van der Waals surface area contributed by atoms with Gasteiger partial charge in [-0.25, -0.2) is 8.42 Å². The molecule has 0 radical (unpaired) electrons. The molecular weight excluding hydrogens is 240 g/mol. The van der Waals surface area contributed by atoms with Crippen LogP contribution in [0.1, 0.15) is 16.9 Å². The van der Waals surface area contributed by atoms with Gasteiger partial charge in [0, 0.05) is 19.3 Å². The first-order valence-electron chi connectivity index (χ1n) is 5.38. The van der Waals surface area contributed by atoms with E-state index in [2.05, 4.69) is 4.98 Å². The highest BCUT2D eigenvalue weighted by Crippen LogP contribution is 2.17. The van der Waals surface area contributed by atoms with Gasteiger partial charge in [0.15, 0.2) is 9.84 Å². The monoisotopic (exact) mass is 254 g/mol. The zero-order valence-electron chi connectivity index (χ0n) is 9.54. The Morgan fingerprint density at radius 3 is 2.76 bits per heavy atom. The van der Waals surface area contributed by atoms with Crippen molar-refractivity contribution in [1.29, 1.82) is 0 Å². The number of carbonyl (C=O) groups is 1. The van der Waals surface area contributed by atoms with E-state index in [-0.39, 0.29) is 23.5 Å². The van der Waals surface area contributed by atoms with E-state index in [1.54, 1.807) is 31.4 Å². The Bertz CT molecular complexity index is 513. The maximum atomic E-state index is 12.0. The number of hydrogen-bond acceptors (Lipinski definition) is 4. The lowest BCUT2D eigenvalue weighted by atomic mass is 10.2. The van der Waals surface area contributed by atoms with E-state index in [1.807, 2.05) is 0 Å². The molecule has 1 saturated heterocycles. The van der Waals surface area contributed by atoms with E-state index in [0.717, 1.165) is 0 Å². The summed E-state index contributed by atoms with van der Waals surface area (Å²) in [6.45, 7) is 0. The minimum absolute atomic E-state index is 0.0576. The van der Waals surface area contributed by atoms with Crippen LogP contribution in [0.5, 0.6) is 0 Å². The number of nitrogens with zero attached hydrogens (tertiary/aromatic N) is 2. The van der Waals surface area contributed by atoms with Crippen molar-refractivity contribution < 1.29 is 13.2 Å². The van der Waals surface area contributed by atoms with Gasteiger partial charge in [-0.2, -0.15) is 0 Å². The minimum Gasteiger partial charge on any atom is -0.336 e. The van der Waals surface area contributed by atoms with Crippen LogP contribution in [0.4, 0.5) is 0 Å². The third-order valence-corrected chi connectivity index (χ3v) is 4.71. The summed E-state index contributed by atoms with van der Waals surface area (Å²) < 4.78 is 22.7. The second-order valence-electron chi connectivity index (χ2n) is 4.19. The van der Waals surface area contributed by atoms with Gasteiger partial charge in [-0.3, -0.25) is 9.78 Å². The molecule has 0 aromatic carbocycles. The second kappa shape index (κ2) is 4.44. The zero-order chi connectivity index (χ0) is 12.5. The van der Waals surface area contributed by atoms with Crippen LogP contribution in [0.2, 0.25) is 0 Å². The fourth-order valence-corrected chi connectivity index (χ4v) is 3.69. The maximum absolute atomic E-state index is 12.0. The van der Waals surface area contributed by atoms with E-state index in [4.69, 9.17) is 0 Å². The SMILES string of the molecule is CN(C(=O)c1ccccn1)[C@@H]1CCS(=O)(=O)C1. The average Bonchev–Trinajstić information content (AvgIpc) is 2.69. The van der Waals surface area contributed by atoms with Crippen LogP contribution in [0.3, 0.4) is 0 Å². The van der Waals surface area contributed by atoms with Crippen molar-refractivity contribution in [3.63, 3.8) is 0 Å². The third-order valence-electron chi connectivity index (χ3n) is 2.96. The molecule has 1 atom stereocenters. The van der Waals surface area contributed by atoms with Gasteiger partial charge in [0.2, 0.25) is 0 Å². The number of aromatic nitrogens is 1. The molecule has 1 amide bonds. The van der Waals surface area contributed by atoms with Gasteiger partial charge in [-0.1, -0.05) is 6.07 Å². The Balaban J connectivity index is 2.11. The standard InChI is InChI=1S/C11H14N2O3S/c1-13(9-5-7-17(15,16)8-9)11(14)10-4-2-3-6-12-10/h2-4,6,9H,5,7-8H2,1H3/t9-/m1/s1. The molecule has 1 aliphatic rings. The molecule has 1 fully saturated rings. The Labute approximate surface area is 100 Å². The van der Waals surface area contributed by atoms with Crippen molar-refractivity contribution >= 4 is 15.7 Å². The van der Waals surface area contributed by atoms with E-state index in [1.165, 1.54) is 4.90 Å². The van der Waals surface area contributed by atoms with Gasteiger partial charge in [-0.15, -0.1) is 0 Å². The Hall–Kier alpha value is -1.43. The lowest BCUT2D eigenvalue weighted by Crippen LogP contribution is -2.38. The van der Waals surface area contributed by atoms with E-state index >= 15 is 0 Å². The van der Waals surface area contributed by atoms with Crippen molar-refractivity contribution in [2.75, 3.05) is 18.6 Å². The third kappa shape index (κ3) is 2.63. The molecule has 0 bridgehead atoms. The quantitative estimate of drug-likeness (QED) is 0.763. The van der Waals surface area contributed by atoms with Gasteiger partial charge >= 0.3 is 0 Å². The van der Waals surface area contributed by atoms with Crippen LogP contribution in [-0.4, -0.2) is 48.8 Å². The normalized spacial score (nSPS) is 22.3. The van der Waals surface area contributed by atoms with Gasteiger partial charge in [0.25, 0.3) is 5.91 Å². The molecule has 17 heavy (non-hydrogen) atoms. The molecule has 2 heterocycles. The number of pyridine rings is 1. The predicted octanol–water partition coefficient (Wildman–Crippen LogP) is 0.341. The number of rotatable bonds is 2. The highest BCUT2D eigenvalue weighted by atomic mass is 32.2. The summed E-state index contributed by atoms with van der Waals surface area (Å²) in [5.74, 6) is -0.00718. The molecule has 1 aromatic heterocycles. The van der Waals surface area contributed by atoms with Crippen LogP contribution < -0.4 is 0 Å². The lowest BCUT2D eigenvalue weighted by Gasteiger charge is -2.22. The predicted molar refractivity (Wildman–Crippen MR) is 63.4 cm³/mol. The van der Waals surface area contributed by atoms with Crippen LogP contribution in [0, 0.1) is 0 Å². The summed E-state index contributed by atoms with van der Waals surface area (Å²) in [6.07, 6.45) is 2.06. The summed E-state index contributed by atoms with van der Waals surface area (Å²) >= 11 is 0. The maximum Gasteiger partial charge on any atom is 0.272 e. The Morgan fingerprint density at radius 1 is 1.47 bits per heavy atom. The van der Waals surface area contributed by atoms with Crippen molar-refractivity contribution in [3.8, 4) is 0 Å². The molecule has 1 aliphatic heterocycles. The lowest BCUT2D eigenvalue weighted by molar-refractivity contribution is 0.0742. The molecule has 0 saturated carbocycles. The topological polar surface area (TPSA) is 67.3 Å². The molecule has 1 aromatic rings. The van der Waals surface area contributed by atoms with Crippen LogP contribution >= 0.6 is 0 Å². The first kappa shape index (κ1) is 12.0. The number of sulfone groups is 1. The molecule has 0 unspecified atom stereocenters. The fraction of sp³-hybridized carbons (Fsp3) is 0.455. The van der Waals surface area contributed by atoms with Gasteiger partial charge in [0.1, 0.15) is 5.69 Å². The molecule has 6 heteroatoms. The van der Waals surface area contributed by atoms with Crippen molar-refractivity contribution in [1.82, 2.24) is 9.88 Å². The number of hydrogen-bond donors (Lipinski definition) is 0. The number of amides is 1. The largest absolute Gasteiger partial charge is 0.336 e. The van der Waals surface area contributed by atoms with Crippen molar-refractivity contribution in [2.45, 2.75) is 12.5 Å². The summed E-state index contributed by atoms with van der Waals surface area (Å²) in [7, 11) is -1.34. The molecule has 0 aliphatic carbocycles. The summed E-state index contributed by atoms with van der Waals surface area (Å²) in [6, 6.07) is 4.87. The first-order chi connectivity index (χ1) is 7.99. The number of carbonyl (C=O) groups excluding carboxylic acids is 1. The van der Waals surface area contributed by atoms with Crippen LogP contribution in [0.15, 0.2) is 24.4 Å². The van der Waals surface area contributed by atoms with E-state index < -0.39 is 9.84 Å². The minimum atomic E-state index is -2.97. The van der Waals surface area contributed by atoms with Crippen molar-refractivity contribution in [2.24, 2.45) is 0 Å². The highest BCUT2D eigenvalue weighted by molar-refractivity contribution is 7.91. The average molecular weight is 254 g/mol. The Kier molecular flexibility index (Phi) is 3.15. The molecule has 0 spiro atoms. The Morgan fingerprint density at radius 2 is 2.24 bits per heavy atom. The molecule has 5 nitrogen and oxygen atoms in total. The highest BCUT2D eigenvalue weighted by Gasteiger charge is 2.33. The van der Waals surface area contributed by atoms with E-state index in [9.17, 15) is 13.2 Å². The molecular formula is C11H14N2O3S. The van der Waals surface area contributed by atoms with E-state index in [0.29, 0.717) is 12.1 Å². The van der Waals surface area contributed by atoms with Gasteiger partial charge in [0.05, 0.1) is 11.5 Å². The van der Waals surface area contributed by atoms with Crippen LogP contribution in [0.25, 0.3) is 0 Å². The fourth-order valence-electron chi connectivity index (χ4n) is 1.92. The zero-order valence-corrected chi connectivity index (χ0v) is 10.4.